The summed E-state index contributed by atoms with van der Waals surface area (Å²) in [6, 6.07) is 3.84. The molecule has 0 heterocycles. The van der Waals surface area contributed by atoms with Gasteiger partial charge >= 0.3 is 0 Å². The molecule has 0 aliphatic carbocycles. The normalized spacial score (nSPS) is 13.1. The number of nitrogens with one attached hydrogen (secondary N) is 1. The molecule has 1 aromatic carbocycles. The van der Waals surface area contributed by atoms with E-state index >= 15 is 0 Å². The van der Waals surface area contributed by atoms with Crippen molar-refractivity contribution in [3.05, 3.63) is 32.8 Å². The van der Waals surface area contributed by atoms with Crippen LogP contribution in [0.4, 0.5) is 0 Å². The summed E-state index contributed by atoms with van der Waals surface area (Å²) in [7, 11) is 2.10. The summed E-state index contributed by atoms with van der Waals surface area (Å²) in [5.41, 5.74) is 0.977. The van der Waals surface area contributed by atoms with Gasteiger partial charge in [-0.15, -0.1) is 0 Å². The van der Waals surface area contributed by atoms with E-state index in [-0.39, 0.29) is 6.04 Å². The minimum atomic E-state index is 0.150. The Hall–Kier alpha value is 0.01000. The van der Waals surface area contributed by atoms with Crippen LogP contribution < -0.4 is 5.32 Å². The molecule has 1 atom stereocenters. The third kappa shape index (κ3) is 4.29. The van der Waals surface area contributed by atoms with Crippen molar-refractivity contribution in [3.8, 4) is 0 Å². The molecule has 102 valence electrons. The number of rotatable bonds is 6. The lowest BCUT2D eigenvalue weighted by Gasteiger charge is -2.19. The van der Waals surface area contributed by atoms with E-state index in [1.807, 2.05) is 6.07 Å². The molecule has 0 spiro atoms. The van der Waals surface area contributed by atoms with Crippen molar-refractivity contribution in [2.24, 2.45) is 0 Å². The fourth-order valence-corrected chi connectivity index (χ4v) is 2.32. The van der Waals surface area contributed by atoms with Crippen LogP contribution in [-0.2, 0) is 0 Å². The summed E-state index contributed by atoms with van der Waals surface area (Å²) in [4.78, 5) is 2.25. The highest BCUT2D eigenvalue weighted by Gasteiger charge is 2.13. The van der Waals surface area contributed by atoms with Crippen molar-refractivity contribution >= 4 is 34.8 Å². The summed E-state index contributed by atoms with van der Waals surface area (Å²) in [5, 5.41) is 4.87. The van der Waals surface area contributed by atoms with Gasteiger partial charge in [0, 0.05) is 19.1 Å². The molecule has 0 fully saturated rings. The molecule has 1 aromatic rings. The minimum absolute atomic E-state index is 0.150. The maximum Gasteiger partial charge on any atom is 0.0781 e. The van der Waals surface area contributed by atoms with Crippen LogP contribution in [0.5, 0.6) is 0 Å². The molecule has 0 aliphatic heterocycles. The molecule has 0 bridgehead atoms. The van der Waals surface area contributed by atoms with E-state index in [9.17, 15) is 0 Å². The van der Waals surface area contributed by atoms with Crippen molar-refractivity contribution in [3.63, 3.8) is 0 Å². The molecular weight excluding hydrogens is 291 g/mol. The number of hydrogen-bond acceptors (Lipinski definition) is 2. The van der Waals surface area contributed by atoms with Crippen LogP contribution >= 0.6 is 34.8 Å². The van der Waals surface area contributed by atoms with Crippen LogP contribution in [0.15, 0.2) is 12.1 Å². The highest BCUT2D eigenvalue weighted by molar-refractivity contribution is 6.48. The number of nitrogens with zero attached hydrogens (tertiary/aromatic N) is 1. The SMILES string of the molecule is CCN(C)CCNC(C)c1ccc(Cl)c(Cl)c1Cl. The van der Waals surface area contributed by atoms with Gasteiger partial charge < -0.3 is 10.2 Å². The first-order valence-corrected chi connectivity index (χ1v) is 7.16. The second kappa shape index (κ2) is 7.56. The van der Waals surface area contributed by atoms with Gasteiger partial charge in [0.25, 0.3) is 0 Å². The zero-order valence-electron chi connectivity index (χ0n) is 10.9. The predicted molar refractivity (Wildman–Crippen MR) is 81.1 cm³/mol. The molecule has 2 nitrogen and oxygen atoms in total. The zero-order chi connectivity index (χ0) is 13.7. The first-order valence-electron chi connectivity index (χ1n) is 6.02. The van der Waals surface area contributed by atoms with E-state index < -0.39 is 0 Å². The average Bonchev–Trinajstić information content (AvgIpc) is 2.35. The van der Waals surface area contributed by atoms with Crippen LogP contribution in [0.3, 0.4) is 0 Å². The van der Waals surface area contributed by atoms with Gasteiger partial charge in [0.2, 0.25) is 0 Å². The van der Waals surface area contributed by atoms with Gasteiger partial charge in [0.1, 0.15) is 0 Å². The van der Waals surface area contributed by atoms with E-state index in [2.05, 4.69) is 31.1 Å². The van der Waals surface area contributed by atoms with Gasteiger partial charge in [-0.25, -0.2) is 0 Å². The number of likely N-dealkylation sites (N-methyl/N-ethyl adjacent to an activating group) is 1. The van der Waals surface area contributed by atoms with E-state index in [1.165, 1.54) is 0 Å². The van der Waals surface area contributed by atoms with Crippen molar-refractivity contribution < 1.29 is 0 Å². The molecule has 0 aromatic heterocycles. The highest BCUT2D eigenvalue weighted by Crippen LogP contribution is 2.35. The van der Waals surface area contributed by atoms with E-state index in [0.717, 1.165) is 25.2 Å². The number of halogens is 3. The van der Waals surface area contributed by atoms with E-state index in [1.54, 1.807) is 6.07 Å². The lowest BCUT2D eigenvalue weighted by molar-refractivity contribution is 0.342. The van der Waals surface area contributed by atoms with Crippen LogP contribution in [0.25, 0.3) is 0 Å². The minimum Gasteiger partial charge on any atom is -0.309 e. The van der Waals surface area contributed by atoms with Crippen molar-refractivity contribution in [2.75, 3.05) is 26.7 Å². The number of benzene rings is 1. The van der Waals surface area contributed by atoms with Gasteiger partial charge in [0.05, 0.1) is 15.1 Å². The first kappa shape index (κ1) is 16.1. The average molecular weight is 310 g/mol. The first-order chi connectivity index (χ1) is 8.47. The fourth-order valence-electron chi connectivity index (χ4n) is 1.62. The monoisotopic (exact) mass is 308 g/mol. The van der Waals surface area contributed by atoms with Gasteiger partial charge in [-0.3, -0.25) is 0 Å². The molecule has 0 saturated carbocycles. The Bertz CT molecular complexity index is 396. The molecular formula is C13H19Cl3N2. The van der Waals surface area contributed by atoms with Crippen LogP contribution in [0.1, 0.15) is 25.5 Å². The predicted octanol–water partition coefficient (Wildman–Crippen LogP) is 4.25. The smallest absolute Gasteiger partial charge is 0.0781 e. The van der Waals surface area contributed by atoms with Crippen LogP contribution in [-0.4, -0.2) is 31.6 Å². The molecule has 1 N–H and O–H groups in total. The maximum atomic E-state index is 6.20. The Kier molecular flexibility index (Phi) is 6.75. The van der Waals surface area contributed by atoms with Gasteiger partial charge in [-0.2, -0.15) is 0 Å². The Balaban J connectivity index is 2.62. The second-order valence-corrected chi connectivity index (χ2v) is 5.50. The van der Waals surface area contributed by atoms with Crippen molar-refractivity contribution in [1.82, 2.24) is 10.2 Å². The third-order valence-electron chi connectivity index (χ3n) is 3.02. The fraction of sp³-hybridized carbons (Fsp3) is 0.538. The van der Waals surface area contributed by atoms with Gasteiger partial charge in [-0.1, -0.05) is 47.8 Å². The summed E-state index contributed by atoms with van der Waals surface area (Å²) in [6.45, 7) is 7.15. The molecule has 1 rings (SSSR count). The maximum absolute atomic E-state index is 6.20. The third-order valence-corrected chi connectivity index (χ3v) is 4.32. The van der Waals surface area contributed by atoms with Crippen molar-refractivity contribution in [2.45, 2.75) is 19.9 Å². The Morgan fingerprint density at radius 3 is 2.50 bits per heavy atom. The van der Waals surface area contributed by atoms with Crippen LogP contribution in [0, 0.1) is 0 Å². The second-order valence-electron chi connectivity index (χ2n) is 4.34. The van der Waals surface area contributed by atoms with Crippen molar-refractivity contribution in [1.29, 1.82) is 0 Å². The van der Waals surface area contributed by atoms with Crippen LogP contribution in [0.2, 0.25) is 15.1 Å². The summed E-state index contributed by atoms with van der Waals surface area (Å²) in [6.07, 6.45) is 0. The lowest BCUT2D eigenvalue weighted by Crippen LogP contribution is -2.30. The molecule has 0 saturated heterocycles. The zero-order valence-corrected chi connectivity index (χ0v) is 13.2. The molecule has 18 heavy (non-hydrogen) atoms. The quantitative estimate of drug-likeness (QED) is 0.790. The lowest BCUT2D eigenvalue weighted by atomic mass is 10.1. The van der Waals surface area contributed by atoms with E-state index in [4.69, 9.17) is 34.8 Å². The number of hydrogen-bond donors (Lipinski definition) is 1. The summed E-state index contributed by atoms with van der Waals surface area (Å²) >= 11 is 18.1. The Morgan fingerprint density at radius 1 is 1.22 bits per heavy atom. The molecule has 0 aliphatic rings. The highest BCUT2D eigenvalue weighted by atomic mass is 35.5. The topological polar surface area (TPSA) is 15.3 Å². The molecule has 1 unspecified atom stereocenters. The Labute approximate surface area is 124 Å². The summed E-state index contributed by atoms with van der Waals surface area (Å²) in [5.74, 6) is 0. The molecule has 5 heteroatoms. The standard InChI is InChI=1S/C13H19Cl3N2/c1-4-18(3)8-7-17-9(2)10-5-6-11(14)13(16)12(10)15/h5-6,9,17H,4,7-8H2,1-3H3. The molecule has 0 radical (unpaired) electrons. The van der Waals surface area contributed by atoms with Gasteiger partial charge in [-0.05, 0) is 32.1 Å². The van der Waals surface area contributed by atoms with E-state index in [0.29, 0.717) is 15.1 Å². The summed E-state index contributed by atoms with van der Waals surface area (Å²) < 4.78 is 0. The largest absolute Gasteiger partial charge is 0.309 e. The Morgan fingerprint density at radius 2 is 1.89 bits per heavy atom. The van der Waals surface area contributed by atoms with Gasteiger partial charge in [0.15, 0.2) is 0 Å². The molecule has 0 amide bonds.